The SMILES string of the molecule is CC(C)(Oc1cccc(N2CCCC(C(=O)N(Cc3ccc(-c4ccsc4)cc3)C3CC3)C2)c1)C(=O)N1CCNCC1. The quantitative estimate of drug-likeness (QED) is 0.363. The molecule has 7 nitrogen and oxygen atoms in total. The summed E-state index contributed by atoms with van der Waals surface area (Å²) in [5.41, 5.74) is 3.73. The molecule has 1 saturated carbocycles. The van der Waals surface area contributed by atoms with Crippen LogP contribution in [0.25, 0.3) is 11.1 Å². The summed E-state index contributed by atoms with van der Waals surface area (Å²) in [6.45, 7) is 9.00. The van der Waals surface area contributed by atoms with Crippen molar-refractivity contribution in [2.45, 2.75) is 57.7 Å². The van der Waals surface area contributed by atoms with Gasteiger partial charge in [-0.3, -0.25) is 9.59 Å². The van der Waals surface area contributed by atoms with Gasteiger partial charge in [0, 0.05) is 63.6 Å². The van der Waals surface area contributed by atoms with E-state index in [-0.39, 0.29) is 17.7 Å². The highest BCUT2D eigenvalue weighted by Gasteiger charge is 2.38. The third-order valence-corrected chi connectivity index (χ3v) is 9.36. The highest BCUT2D eigenvalue weighted by molar-refractivity contribution is 7.08. The van der Waals surface area contributed by atoms with Crippen LogP contribution in [0, 0.1) is 5.92 Å². The minimum Gasteiger partial charge on any atom is -0.478 e. The van der Waals surface area contributed by atoms with Crippen molar-refractivity contribution in [1.82, 2.24) is 15.1 Å². The van der Waals surface area contributed by atoms with Gasteiger partial charge in [-0.25, -0.2) is 0 Å². The molecule has 3 heterocycles. The average molecular weight is 587 g/mol. The summed E-state index contributed by atoms with van der Waals surface area (Å²) in [4.78, 5) is 33.4. The third kappa shape index (κ3) is 6.65. The smallest absolute Gasteiger partial charge is 0.266 e. The number of benzene rings is 2. The van der Waals surface area contributed by atoms with E-state index in [0.29, 0.717) is 38.0 Å². The maximum atomic E-state index is 13.9. The molecular formula is C34H42N4O3S. The van der Waals surface area contributed by atoms with Crippen molar-refractivity contribution in [2.24, 2.45) is 5.92 Å². The van der Waals surface area contributed by atoms with E-state index in [1.807, 2.05) is 36.9 Å². The van der Waals surface area contributed by atoms with Crippen molar-refractivity contribution in [3.05, 3.63) is 70.9 Å². The Morgan fingerprint density at radius 3 is 2.50 bits per heavy atom. The fraction of sp³-hybridized carbons (Fsp3) is 0.471. The van der Waals surface area contributed by atoms with Crippen LogP contribution < -0.4 is 15.0 Å². The van der Waals surface area contributed by atoms with Gasteiger partial charge in [0.2, 0.25) is 5.91 Å². The largest absolute Gasteiger partial charge is 0.478 e. The molecule has 0 radical (unpaired) electrons. The maximum absolute atomic E-state index is 13.9. The number of anilines is 1. The Kier molecular flexibility index (Phi) is 8.54. The second-order valence-electron chi connectivity index (χ2n) is 12.3. The molecule has 42 heavy (non-hydrogen) atoms. The zero-order valence-electron chi connectivity index (χ0n) is 24.8. The predicted octanol–water partition coefficient (Wildman–Crippen LogP) is 5.41. The number of hydrogen-bond donors (Lipinski definition) is 1. The number of piperazine rings is 1. The van der Waals surface area contributed by atoms with Crippen LogP contribution in [0.2, 0.25) is 0 Å². The van der Waals surface area contributed by atoms with E-state index < -0.39 is 5.60 Å². The van der Waals surface area contributed by atoms with Gasteiger partial charge in [0.05, 0.1) is 5.92 Å². The minimum absolute atomic E-state index is 0.0132. The minimum atomic E-state index is -0.955. The number of rotatable bonds is 9. The first-order valence-electron chi connectivity index (χ1n) is 15.3. The van der Waals surface area contributed by atoms with E-state index in [1.54, 1.807) is 11.3 Å². The van der Waals surface area contributed by atoms with Crippen LogP contribution in [-0.2, 0) is 16.1 Å². The highest BCUT2D eigenvalue weighted by Crippen LogP contribution is 2.34. The van der Waals surface area contributed by atoms with Gasteiger partial charge < -0.3 is 24.8 Å². The maximum Gasteiger partial charge on any atom is 0.266 e. The lowest BCUT2D eigenvalue weighted by Gasteiger charge is -2.37. The molecular weight excluding hydrogens is 544 g/mol. The molecule has 1 aromatic heterocycles. The van der Waals surface area contributed by atoms with Gasteiger partial charge >= 0.3 is 0 Å². The van der Waals surface area contributed by atoms with Crippen molar-refractivity contribution in [3.63, 3.8) is 0 Å². The molecule has 2 amide bonds. The first-order valence-corrected chi connectivity index (χ1v) is 16.3. The number of amides is 2. The van der Waals surface area contributed by atoms with Crippen molar-refractivity contribution in [2.75, 3.05) is 44.2 Å². The third-order valence-electron chi connectivity index (χ3n) is 8.68. The molecule has 222 valence electrons. The van der Waals surface area contributed by atoms with Crippen LogP contribution >= 0.6 is 11.3 Å². The van der Waals surface area contributed by atoms with E-state index in [9.17, 15) is 9.59 Å². The fourth-order valence-electron chi connectivity index (χ4n) is 6.18. The molecule has 1 atom stereocenters. The summed E-state index contributed by atoms with van der Waals surface area (Å²) in [6.07, 6.45) is 4.08. The molecule has 8 heteroatoms. The lowest BCUT2D eigenvalue weighted by Crippen LogP contribution is -2.54. The molecule has 1 aliphatic carbocycles. The van der Waals surface area contributed by atoms with Crippen LogP contribution in [0.15, 0.2) is 65.4 Å². The van der Waals surface area contributed by atoms with Crippen LogP contribution in [0.4, 0.5) is 5.69 Å². The van der Waals surface area contributed by atoms with Gasteiger partial charge in [-0.1, -0.05) is 30.3 Å². The van der Waals surface area contributed by atoms with Crippen molar-refractivity contribution >= 4 is 28.8 Å². The average Bonchev–Trinajstić information content (AvgIpc) is 3.72. The number of carbonyl (C=O) groups is 2. The number of ether oxygens (including phenoxy) is 1. The van der Waals surface area contributed by atoms with Gasteiger partial charge in [0.1, 0.15) is 5.75 Å². The number of thiophene rings is 1. The van der Waals surface area contributed by atoms with Gasteiger partial charge in [0.15, 0.2) is 5.60 Å². The Morgan fingerprint density at radius 2 is 1.79 bits per heavy atom. The van der Waals surface area contributed by atoms with E-state index in [1.165, 1.54) is 16.7 Å². The number of piperidine rings is 1. The summed E-state index contributed by atoms with van der Waals surface area (Å²) in [5, 5.41) is 7.56. The normalized spacial score (nSPS) is 19.4. The molecule has 6 rings (SSSR count). The van der Waals surface area contributed by atoms with Crippen molar-refractivity contribution in [1.29, 1.82) is 0 Å². The zero-order chi connectivity index (χ0) is 29.1. The van der Waals surface area contributed by atoms with E-state index in [0.717, 1.165) is 51.0 Å². The van der Waals surface area contributed by atoms with E-state index in [4.69, 9.17) is 4.74 Å². The van der Waals surface area contributed by atoms with Gasteiger partial charge in [-0.15, -0.1) is 0 Å². The summed E-state index contributed by atoms with van der Waals surface area (Å²) < 4.78 is 6.29. The summed E-state index contributed by atoms with van der Waals surface area (Å²) in [5.74, 6) is 0.943. The van der Waals surface area contributed by atoms with E-state index in [2.05, 4.69) is 62.3 Å². The standard InChI is InChI=1S/C34H42N4O3S/c1-34(2,33(40)36-18-15-35-16-19-36)41-31-7-3-6-30(21-31)37-17-4-5-27(23-37)32(39)38(29-12-13-29)22-25-8-10-26(11-9-25)28-14-20-42-24-28/h3,6-11,14,20-21,24,27,29,35H,4-5,12-13,15-19,22-23H2,1-2H3. The Balaban J connectivity index is 1.10. The molecule has 2 aliphatic heterocycles. The Labute approximate surface area is 253 Å². The molecule has 1 N–H and O–H groups in total. The van der Waals surface area contributed by atoms with E-state index >= 15 is 0 Å². The van der Waals surface area contributed by atoms with Crippen LogP contribution in [0.1, 0.15) is 45.1 Å². The summed E-state index contributed by atoms with van der Waals surface area (Å²) >= 11 is 1.71. The lowest BCUT2D eigenvalue weighted by molar-refractivity contribution is -0.146. The molecule has 1 unspecified atom stereocenters. The highest BCUT2D eigenvalue weighted by atomic mass is 32.1. The summed E-state index contributed by atoms with van der Waals surface area (Å²) in [7, 11) is 0. The molecule has 0 bridgehead atoms. The Morgan fingerprint density at radius 1 is 1.00 bits per heavy atom. The van der Waals surface area contributed by atoms with Crippen LogP contribution in [-0.4, -0.2) is 72.5 Å². The molecule has 3 fully saturated rings. The van der Waals surface area contributed by atoms with Gasteiger partial charge in [-0.05, 0) is 85.2 Å². The van der Waals surface area contributed by atoms with Crippen molar-refractivity contribution in [3.8, 4) is 16.9 Å². The number of carbonyl (C=O) groups excluding carboxylic acids is 2. The molecule has 0 spiro atoms. The second kappa shape index (κ2) is 12.5. The fourth-order valence-corrected chi connectivity index (χ4v) is 6.84. The second-order valence-corrected chi connectivity index (χ2v) is 13.1. The summed E-state index contributed by atoms with van der Waals surface area (Å²) in [6, 6.07) is 19.2. The van der Waals surface area contributed by atoms with Crippen LogP contribution in [0.3, 0.4) is 0 Å². The molecule has 3 aliphatic rings. The molecule has 2 saturated heterocycles. The topological polar surface area (TPSA) is 65.1 Å². The Bertz CT molecular complexity index is 1360. The number of nitrogens with zero attached hydrogens (tertiary/aromatic N) is 3. The zero-order valence-corrected chi connectivity index (χ0v) is 25.6. The lowest BCUT2D eigenvalue weighted by atomic mass is 9.95. The molecule has 2 aromatic carbocycles. The number of hydrogen-bond acceptors (Lipinski definition) is 6. The molecule has 3 aromatic rings. The Hall–Kier alpha value is -3.36. The van der Waals surface area contributed by atoms with Gasteiger partial charge in [-0.2, -0.15) is 11.3 Å². The first kappa shape index (κ1) is 28.7. The number of nitrogens with one attached hydrogen (secondary N) is 1. The predicted molar refractivity (Wildman–Crippen MR) is 169 cm³/mol. The van der Waals surface area contributed by atoms with Gasteiger partial charge in [0.25, 0.3) is 5.91 Å². The van der Waals surface area contributed by atoms with Crippen molar-refractivity contribution < 1.29 is 14.3 Å². The monoisotopic (exact) mass is 586 g/mol. The first-order chi connectivity index (χ1) is 20.4. The van der Waals surface area contributed by atoms with Crippen LogP contribution in [0.5, 0.6) is 5.75 Å².